The summed E-state index contributed by atoms with van der Waals surface area (Å²) in [5.41, 5.74) is -0.895. The first-order valence-electron chi connectivity index (χ1n) is 11.0. The van der Waals surface area contributed by atoms with E-state index in [0.717, 1.165) is 36.5 Å². The number of fused-ring (bicyclic) bond motifs is 2. The molecule has 9 heteroatoms. The van der Waals surface area contributed by atoms with Crippen LogP contribution in [0.25, 0.3) is 21.5 Å². The minimum absolute atomic E-state index is 0.157. The van der Waals surface area contributed by atoms with E-state index in [4.69, 9.17) is 4.74 Å². The number of benzene rings is 2. The largest absolute Gasteiger partial charge is 0.350 e. The Balaban J connectivity index is 1.56. The molecule has 0 spiro atoms. The van der Waals surface area contributed by atoms with Crippen molar-refractivity contribution in [2.45, 2.75) is 50.4 Å². The fraction of sp³-hybridized carbons (Fsp3) is 0.333. The Hall–Kier alpha value is -2.62. The van der Waals surface area contributed by atoms with Crippen LogP contribution in [0.5, 0.6) is 0 Å². The van der Waals surface area contributed by atoms with Crippen molar-refractivity contribution < 1.29 is 4.74 Å². The topological polar surface area (TPSA) is 79.0 Å². The number of ether oxygens (including phenoxy) is 1. The molecule has 4 rings (SSSR count). The normalized spacial score (nSPS) is 13.4. The molecule has 0 amide bonds. The van der Waals surface area contributed by atoms with Crippen LogP contribution in [-0.4, -0.2) is 29.2 Å². The Kier molecular flexibility index (Phi) is 7.85. The maximum Gasteiger partial charge on any atom is 0.285 e. The highest BCUT2D eigenvalue weighted by Crippen LogP contribution is 2.27. The van der Waals surface area contributed by atoms with Crippen molar-refractivity contribution in [1.82, 2.24) is 18.4 Å². The molecule has 0 saturated heterocycles. The van der Waals surface area contributed by atoms with Gasteiger partial charge in [-0.2, -0.15) is 18.4 Å². The summed E-state index contributed by atoms with van der Waals surface area (Å²) in [5, 5.41) is 11.5. The van der Waals surface area contributed by atoms with Crippen LogP contribution >= 0.6 is 23.9 Å². The highest BCUT2D eigenvalue weighted by Gasteiger charge is 2.21. The molecule has 0 aliphatic carbocycles. The predicted molar refractivity (Wildman–Crippen MR) is 136 cm³/mol. The van der Waals surface area contributed by atoms with E-state index in [9.17, 15) is 9.59 Å². The zero-order valence-corrected chi connectivity index (χ0v) is 20.2. The third-order valence-corrected chi connectivity index (χ3v) is 7.20. The second-order valence-electron chi connectivity index (χ2n) is 7.60. The SMILES string of the molecule is CCCC(OC(CCC)Sn1ncc2ccccc2c1=O)Sn1ncc2ccccc2c1=O. The summed E-state index contributed by atoms with van der Waals surface area (Å²) in [6, 6.07) is 14.8. The highest BCUT2D eigenvalue weighted by molar-refractivity contribution is 7.98. The lowest BCUT2D eigenvalue weighted by atomic mass is 10.2. The van der Waals surface area contributed by atoms with E-state index in [1.165, 1.54) is 32.1 Å². The molecule has 2 heterocycles. The molecule has 7 nitrogen and oxygen atoms in total. The Morgan fingerprint density at radius 2 is 1.18 bits per heavy atom. The standard InChI is InChI=1S/C24H26N4O3S2/c1-3-9-21(32-27-23(29)19-13-7-5-11-17(19)15-25-27)31-22(10-4-2)33-28-24(30)20-14-8-6-12-18(20)16-26-28/h5-8,11-16,21-22H,3-4,9-10H2,1-2H3. The highest BCUT2D eigenvalue weighted by atomic mass is 32.2. The van der Waals surface area contributed by atoms with E-state index in [1.807, 2.05) is 36.4 Å². The minimum Gasteiger partial charge on any atom is -0.350 e. The van der Waals surface area contributed by atoms with E-state index in [0.29, 0.717) is 10.8 Å². The predicted octanol–water partition coefficient (Wildman–Crippen LogP) is 5.07. The fourth-order valence-electron chi connectivity index (χ4n) is 3.45. The average molecular weight is 483 g/mol. The molecule has 2 aromatic carbocycles. The second-order valence-corrected chi connectivity index (χ2v) is 9.77. The summed E-state index contributed by atoms with van der Waals surface area (Å²) in [4.78, 5) is 25.8. The van der Waals surface area contributed by atoms with Gasteiger partial charge in [-0.25, -0.2) is 0 Å². The van der Waals surface area contributed by atoms with Gasteiger partial charge in [0.1, 0.15) is 10.9 Å². The van der Waals surface area contributed by atoms with Crippen LogP contribution in [0.3, 0.4) is 0 Å². The second kappa shape index (κ2) is 11.0. The fourth-order valence-corrected chi connectivity index (χ4v) is 5.61. The molecule has 2 aromatic heterocycles. The molecular weight excluding hydrogens is 456 g/mol. The molecule has 2 atom stereocenters. The molecule has 0 fully saturated rings. The summed E-state index contributed by atoms with van der Waals surface area (Å²) in [7, 11) is 0. The van der Waals surface area contributed by atoms with Gasteiger partial charge in [0, 0.05) is 34.7 Å². The van der Waals surface area contributed by atoms with Crippen LogP contribution in [0.4, 0.5) is 0 Å². The molecule has 2 unspecified atom stereocenters. The molecule has 33 heavy (non-hydrogen) atoms. The molecule has 0 aliphatic heterocycles. The van der Waals surface area contributed by atoms with Crippen molar-refractivity contribution in [3.8, 4) is 0 Å². The van der Waals surface area contributed by atoms with Gasteiger partial charge in [-0.15, -0.1) is 0 Å². The van der Waals surface area contributed by atoms with E-state index < -0.39 is 0 Å². The van der Waals surface area contributed by atoms with Crippen LogP contribution < -0.4 is 11.1 Å². The number of hydrogen-bond donors (Lipinski definition) is 0. The molecule has 0 N–H and O–H groups in total. The van der Waals surface area contributed by atoms with Crippen molar-refractivity contribution >= 4 is 45.4 Å². The molecular formula is C24H26N4O3S2. The average Bonchev–Trinajstić information content (AvgIpc) is 2.83. The van der Waals surface area contributed by atoms with E-state index in [1.54, 1.807) is 24.5 Å². The smallest absolute Gasteiger partial charge is 0.285 e. The van der Waals surface area contributed by atoms with Crippen LogP contribution in [0.2, 0.25) is 0 Å². The lowest BCUT2D eigenvalue weighted by Crippen LogP contribution is -2.27. The molecule has 4 aromatic rings. The molecule has 172 valence electrons. The lowest BCUT2D eigenvalue weighted by Gasteiger charge is -2.23. The minimum atomic E-state index is -0.290. The first-order valence-corrected chi connectivity index (χ1v) is 12.7. The van der Waals surface area contributed by atoms with Gasteiger partial charge >= 0.3 is 0 Å². The summed E-state index contributed by atoms with van der Waals surface area (Å²) in [6.45, 7) is 4.15. The maximum atomic E-state index is 12.9. The van der Waals surface area contributed by atoms with Crippen LogP contribution in [0.15, 0.2) is 70.5 Å². The summed E-state index contributed by atoms with van der Waals surface area (Å²) >= 11 is 2.55. The van der Waals surface area contributed by atoms with Gasteiger partial charge in [-0.05, 0) is 25.0 Å². The van der Waals surface area contributed by atoms with E-state index in [-0.39, 0.29) is 22.0 Å². The molecule has 0 bridgehead atoms. The van der Waals surface area contributed by atoms with Gasteiger partial charge in [-0.3, -0.25) is 9.59 Å². The van der Waals surface area contributed by atoms with Crippen molar-refractivity contribution in [3.63, 3.8) is 0 Å². The number of rotatable bonds is 10. The number of nitrogens with zero attached hydrogens (tertiary/aromatic N) is 4. The first kappa shape index (κ1) is 23.5. The van der Waals surface area contributed by atoms with Crippen LogP contribution in [-0.2, 0) is 4.74 Å². The monoisotopic (exact) mass is 482 g/mol. The molecule has 0 saturated carbocycles. The lowest BCUT2D eigenvalue weighted by molar-refractivity contribution is 0.0795. The van der Waals surface area contributed by atoms with E-state index >= 15 is 0 Å². The van der Waals surface area contributed by atoms with Crippen LogP contribution in [0.1, 0.15) is 39.5 Å². The zero-order chi connectivity index (χ0) is 23.2. The van der Waals surface area contributed by atoms with Gasteiger partial charge < -0.3 is 4.74 Å². The van der Waals surface area contributed by atoms with Gasteiger partial charge in [0.15, 0.2) is 0 Å². The first-order chi connectivity index (χ1) is 16.1. The number of aromatic nitrogens is 4. The Morgan fingerprint density at radius 3 is 1.61 bits per heavy atom. The van der Waals surface area contributed by atoms with Crippen LogP contribution in [0, 0.1) is 0 Å². The molecule has 0 aliphatic rings. The van der Waals surface area contributed by atoms with Crippen molar-refractivity contribution in [2.75, 3.05) is 0 Å². The van der Waals surface area contributed by atoms with Gasteiger partial charge in [0.05, 0.1) is 23.2 Å². The quantitative estimate of drug-likeness (QED) is 0.292. The zero-order valence-electron chi connectivity index (χ0n) is 18.6. The Morgan fingerprint density at radius 1 is 0.758 bits per heavy atom. The summed E-state index contributed by atoms with van der Waals surface area (Å²) < 4.78 is 9.20. The Labute approximate surface area is 200 Å². The maximum absolute atomic E-state index is 12.9. The summed E-state index contributed by atoms with van der Waals surface area (Å²) in [5.74, 6) is 0. The third-order valence-electron chi connectivity index (χ3n) is 5.12. The van der Waals surface area contributed by atoms with Gasteiger partial charge in [-0.1, -0.05) is 63.1 Å². The Bertz CT molecular complexity index is 1250. The van der Waals surface area contributed by atoms with Gasteiger partial charge in [0.2, 0.25) is 0 Å². The van der Waals surface area contributed by atoms with E-state index in [2.05, 4.69) is 24.0 Å². The summed E-state index contributed by atoms with van der Waals surface area (Å²) in [6.07, 6.45) is 6.65. The van der Waals surface area contributed by atoms with Crippen molar-refractivity contribution in [1.29, 1.82) is 0 Å². The number of hydrogen-bond acceptors (Lipinski definition) is 7. The van der Waals surface area contributed by atoms with Gasteiger partial charge in [0.25, 0.3) is 11.1 Å². The van der Waals surface area contributed by atoms with Crippen molar-refractivity contribution in [2.24, 2.45) is 0 Å². The third kappa shape index (κ3) is 5.48. The van der Waals surface area contributed by atoms with Crippen molar-refractivity contribution in [3.05, 3.63) is 81.6 Å². The molecule has 0 radical (unpaired) electrons.